The second-order valence-corrected chi connectivity index (χ2v) is 5.20. The standard InChI is InChI=1S/C16H25N3O2/c1-12(18-16(21)9-4-3-5-10-17)14-7-6-8-15(11-14)19-13(2)20/h6-8,11-12H,3-5,9-10,17H2,1-2H3,(H,18,21)(H,19,20). The molecule has 0 bridgehead atoms. The van der Waals surface area contributed by atoms with Gasteiger partial charge in [0.2, 0.25) is 11.8 Å². The molecule has 21 heavy (non-hydrogen) atoms. The van der Waals surface area contributed by atoms with Gasteiger partial charge in [0.15, 0.2) is 0 Å². The minimum absolute atomic E-state index is 0.0458. The fraction of sp³-hybridized carbons (Fsp3) is 0.500. The van der Waals surface area contributed by atoms with Crippen molar-refractivity contribution in [1.82, 2.24) is 5.32 Å². The number of carbonyl (C=O) groups is 2. The zero-order valence-corrected chi connectivity index (χ0v) is 12.8. The molecule has 0 aromatic heterocycles. The predicted octanol–water partition coefficient (Wildman–Crippen LogP) is 2.34. The molecule has 0 aliphatic heterocycles. The number of nitrogens with one attached hydrogen (secondary N) is 2. The van der Waals surface area contributed by atoms with Crippen molar-refractivity contribution in [3.8, 4) is 0 Å². The van der Waals surface area contributed by atoms with E-state index in [2.05, 4.69) is 10.6 Å². The van der Waals surface area contributed by atoms with Crippen molar-refractivity contribution in [3.63, 3.8) is 0 Å². The van der Waals surface area contributed by atoms with E-state index in [0.29, 0.717) is 13.0 Å². The molecule has 2 amide bonds. The number of anilines is 1. The van der Waals surface area contributed by atoms with Crippen LogP contribution in [0.2, 0.25) is 0 Å². The van der Waals surface area contributed by atoms with Gasteiger partial charge in [-0.3, -0.25) is 9.59 Å². The minimum atomic E-state index is -0.108. The molecule has 1 rings (SSSR count). The van der Waals surface area contributed by atoms with Gasteiger partial charge >= 0.3 is 0 Å². The summed E-state index contributed by atoms with van der Waals surface area (Å²) in [7, 11) is 0. The van der Waals surface area contributed by atoms with Crippen LogP contribution in [0.5, 0.6) is 0 Å². The summed E-state index contributed by atoms with van der Waals surface area (Å²) < 4.78 is 0. The van der Waals surface area contributed by atoms with Crippen LogP contribution < -0.4 is 16.4 Å². The third-order valence-electron chi connectivity index (χ3n) is 3.19. The van der Waals surface area contributed by atoms with Crippen LogP contribution in [-0.4, -0.2) is 18.4 Å². The number of unbranched alkanes of at least 4 members (excludes halogenated alkanes) is 2. The van der Waals surface area contributed by atoms with E-state index in [1.807, 2.05) is 31.2 Å². The summed E-state index contributed by atoms with van der Waals surface area (Å²) >= 11 is 0. The summed E-state index contributed by atoms with van der Waals surface area (Å²) in [4.78, 5) is 22.9. The smallest absolute Gasteiger partial charge is 0.221 e. The zero-order valence-electron chi connectivity index (χ0n) is 12.8. The number of nitrogens with two attached hydrogens (primary N) is 1. The van der Waals surface area contributed by atoms with Crippen LogP contribution in [0.4, 0.5) is 5.69 Å². The molecule has 1 aromatic rings. The molecule has 1 atom stereocenters. The maximum Gasteiger partial charge on any atom is 0.221 e. The van der Waals surface area contributed by atoms with Gasteiger partial charge in [0.1, 0.15) is 0 Å². The molecule has 0 radical (unpaired) electrons. The average Bonchev–Trinajstić information content (AvgIpc) is 2.43. The Hall–Kier alpha value is -1.88. The van der Waals surface area contributed by atoms with Gasteiger partial charge in [0, 0.05) is 19.0 Å². The largest absolute Gasteiger partial charge is 0.350 e. The highest BCUT2D eigenvalue weighted by atomic mass is 16.2. The van der Waals surface area contributed by atoms with Gasteiger partial charge in [0.25, 0.3) is 0 Å². The van der Waals surface area contributed by atoms with Crippen LogP contribution in [0.3, 0.4) is 0 Å². The average molecular weight is 291 g/mol. The van der Waals surface area contributed by atoms with Crippen molar-refractivity contribution in [2.45, 2.75) is 45.6 Å². The van der Waals surface area contributed by atoms with Crippen molar-refractivity contribution in [2.75, 3.05) is 11.9 Å². The summed E-state index contributed by atoms with van der Waals surface area (Å²) in [6.45, 7) is 4.08. The van der Waals surface area contributed by atoms with E-state index >= 15 is 0 Å². The van der Waals surface area contributed by atoms with Gasteiger partial charge in [-0.1, -0.05) is 18.6 Å². The van der Waals surface area contributed by atoms with Gasteiger partial charge in [-0.25, -0.2) is 0 Å². The first-order valence-electron chi connectivity index (χ1n) is 7.40. The lowest BCUT2D eigenvalue weighted by Gasteiger charge is -2.15. The minimum Gasteiger partial charge on any atom is -0.350 e. The van der Waals surface area contributed by atoms with Crippen molar-refractivity contribution in [3.05, 3.63) is 29.8 Å². The molecule has 5 nitrogen and oxygen atoms in total. The predicted molar refractivity (Wildman–Crippen MR) is 84.8 cm³/mol. The molecule has 116 valence electrons. The second kappa shape index (κ2) is 9.13. The van der Waals surface area contributed by atoms with E-state index in [-0.39, 0.29) is 17.9 Å². The van der Waals surface area contributed by atoms with Gasteiger partial charge in [-0.05, 0) is 44.0 Å². The van der Waals surface area contributed by atoms with E-state index in [4.69, 9.17) is 5.73 Å². The van der Waals surface area contributed by atoms with Crippen LogP contribution in [0, 0.1) is 0 Å². The zero-order chi connectivity index (χ0) is 15.7. The number of hydrogen-bond donors (Lipinski definition) is 3. The first kappa shape index (κ1) is 17.2. The van der Waals surface area contributed by atoms with Crippen LogP contribution in [0.15, 0.2) is 24.3 Å². The highest BCUT2D eigenvalue weighted by molar-refractivity contribution is 5.88. The number of hydrogen-bond acceptors (Lipinski definition) is 3. The second-order valence-electron chi connectivity index (χ2n) is 5.20. The van der Waals surface area contributed by atoms with E-state index in [1.165, 1.54) is 6.92 Å². The van der Waals surface area contributed by atoms with Crippen molar-refractivity contribution < 1.29 is 9.59 Å². The van der Waals surface area contributed by atoms with Crippen LogP contribution in [-0.2, 0) is 9.59 Å². The van der Waals surface area contributed by atoms with Crippen molar-refractivity contribution in [2.24, 2.45) is 5.73 Å². The van der Waals surface area contributed by atoms with Crippen molar-refractivity contribution >= 4 is 17.5 Å². The lowest BCUT2D eigenvalue weighted by molar-refractivity contribution is -0.121. The highest BCUT2D eigenvalue weighted by Crippen LogP contribution is 2.17. The van der Waals surface area contributed by atoms with Crippen LogP contribution in [0.1, 0.15) is 51.1 Å². The Morgan fingerprint density at radius 2 is 2.00 bits per heavy atom. The monoisotopic (exact) mass is 291 g/mol. The molecule has 0 aliphatic carbocycles. The summed E-state index contributed by atoms with van der Waals surface area (Å²) in [6, 6.07) is 7.42. The Bertz CT molecular complexity index is 474. The number of benzene rings is 1. The van der Waals surface area contributed by atoms with Gasteiger partial charge in [0.05, 0.1) is 6.04 Å². The SMILES string of the molecule is CC(=O)Nc1cccc(C(C)NC(=O)CCCCCN)c1. The fourth-order valence-electron chi connectivity index (χ4n) is 2.09. The van der Waals surface area contributed by atoms with Crippen LogP contribution >= 0.6 is 0 Å². The fourth-order valence-corrected chi connectivity index (χ4v) is 2.09. The third kappa shape index (κ3) is 6.90. The van der Waals surface area contributed by atoms with E-state index in [1.54, 1.807) is 0 Å². The summed E-state index contributed by atoms with van der Waals surface area (Å²) in [6.07, 6.45) is 3.33. The maximum absolute atomic E-state index is 11.8. The number of amides is 2. The molecule has 0 aliphatic rings. The maximum atomic E-state index is 11.8. The molecule has 0 spiro atoms. The Kier molecular flexibility index (Phi) is 7.46. The topological polar surface area (TPSA) is 84.2 Å². The number of rotatable bonds is 8. The first-order chi connectivity index (χ1) is 10.0. The quantitative estimate of drug-likeness (QED) is 0.643. The third-order valence-corrected chi connectivity index (χ3v) is 3.19. The Labute approximate surface area is 126 Å². The van der Waals surface area contributed by atoms with Gasteiger partial charge < -0.3 is 16.4 Å². The Morgan fingerprint density at radius 3 is 2.67 bits per heavy atom. The van der Waals surface area contributed by atoms with Crippen LogP contribution in [0.25, 0.3) is 0 Å². The Balaban J connectivity index is 2.49. The van der Waals surface area contributed by atoms with Gasteiger partial charge in [-0.2, -0.15) is 0 Å². The molecular weight excluding hydrogens is 266 g/mol. The molecular formula is C16H25N3O2. The summed E-state index contributed by atoms with van der Waals surface area (Å²) in [5.74, 6) is -0.0619. The molecule has 0 heterocycles. The molecule has 0 saturated heterocycles. The number of carbonyl (C=O) groups excluding carboxylic acids is 2. The molecule has 0 saturated carbocycles. The molecule has 5 heteroatoms. The first-order valence-corrected chi connectivity index (χ1v) is 7.40. The lowest BCUT2D eigenvalue weighted by Crippen LogP contribution is -2.26. The normalized spacial score (nSPS) is 11.8. The molecule has 4 N–H and O–H groups in total. The molecule has 0 fully saturated rings. The molecule has 1 unspecified atom stereocenters. The van der Waals surface area contributed by atoms with E-state index < -0.39 is 0 Å². The van der Waals surface area contributed by atoms with Gasteiger partial charge in [-0.15, -0.1) is 0 Å². The Morgan fingerprint density at radius 1 is 1.24 bits per heavy atom. The highest BCUT2D eigenvalue weighted by Gasteiger charge is 2.10. The van der Waals surface area contributed by atoms with E-state index in [0.717, 1.165) is 30.5 Å². The summed E-state index contributed by atoms with van der Waals surface area (Å²) in [5, 5.41) is 5.71. The van der Waals surface area contributed by atoms with E-state index in [9.17, 15) is 9.59 Å². The lowest BCUT2D eigenvalue weighted by atomic mass is 10.1. The summed E-state index contributed by atoms with van der Waals surface area (Å²) in [5.41, 5.74) is 7.13. The van der Waals surface area contributed by atoms with Crippen molar-refractivity contribution in [1.29, 1.82) is 0 Å². The molecule has 1 aromatic carbocycles.